The molecule has 2 saturated heterocycles. The van der Waals surface area contributed by atoms with Gasteiger partial charge < -0.3 is 29.5 Å². The SMILES string of the molecule is Cc1ccc(Cn2ccnc2NC(=O)[C@@H]2CN(CCCNC(=O)O)C[C@H]2c2ccc(F)cc2F)c(N2CCOCC2)c1.Cl.Cl.Cl. The summed E-state index contributed by atoms with van der Waals surface area (Å²) in [4.78, 5) is 33.2. The molecule has 0 unspecified atom stereocenters. The van der Waals surface area contributed by atoms with Gasteiger partial charge in [-0.15, -0.1) is 37.2 Å². The standard InChI is InChI=1S/C30H36F2N6O4.3ClH/c1-20-3-4-21(27(15-20)37-11-13-42-14-12-37)17-38-10-8-33-29(38)35-28(39)25-19-36(9-2-7-34-30(40)41)18-24(25)23-6-5-22(31)16-26(23)32;;;/h3-6,8,10,15-16,24-25,34H,2,7,9,11-14,17-19H2,1H3,(H,40,41)(H,33,35,39);3*1H/t24-,25+;;;/m0.../s1. The van der Waals surface area contributed by atoms with Crippen molar-refractivity contribution in [3.63, 3.8) is 0 Å². The molecule has 1 aromatic heterocycles. The van der Waals surface area contributed by atoms with Crippen molar-refractivity contribution in [3.8, 4) is 0 Å². The first kappa shape index (κ1) is 38.0. The molecule has 0 radical (unpaired) electrons. The number of anilines is 2. The number of hydrogen-bond donors (Lipinski definition) is 3. The highest BCUT2D eigenvalue weighted by Gasteiger charge is 2.40. The van der Waals surface area contributed by atoms with Crippen molar-refractivity contribution in [1.82, 2.24) is 19.8 Å². The summed E-state index contributed by atoms with van der Waals surface area (Å²) in [7, 11) is 0. The Morgan fingerprint density at radius 2 is 1.82 bits per heavy atom. The van der Waals surface area contributed by atoms with Crippen molar-refractivity contribution in [1.29, 1.82) is 0 Å². The largest absolute Gasteiger partial charge is 0.465 e. The molecule has 5 rings (SSSR count). The number of likely N-dealkylation sites (tertiary alicyclic amines) is 1. The van der Waals surface area contributed by atoms with Crippen LogP contribution in [-0.4, -0.2) is 84.0 Å². The maximum Gasteiger partial charge on any atom is 0.404 e. The van der Waals surface area contributed by atoms with Crippen molar-refractivity contribution >= 4 is 60.9 Å². The number of morpholine rings is 1. The number of carbonyl (C=O) groups is 2. The number of rotatable bonds is 10. The molecular weight excluding hydrogens is 653 g/mol. The molecule has 2 aliphatic rings. The Morgan fingerprint density at radius 3 is 2.53 bits per heavy atom. The first-order valence-electron chi connectivity index (χ1n) is 14.2. The number of amides is 2. The van der Waals surface area contributed by atoms with Gasteiger partial charge in [-0.1, -0.05) is 18.2 Å². The van der Waals surface area contributed by atoms with Crippen LogP contribution in [0, 0.1) is 24.5 Å². The minimum atomic E-state index is -1.10. The van der Waals surface area contributed by atoms with E-state index in [1.807, 2.05) is 15.7 Å². The van der Waals surface area contributed by atoms with Crippen LogP contribution in [0.25, 0.3) is 0 Å². The van der Waals surface area contributed by atoms with Crippen LogP contribution in [0.4, 0.5) is 25.2 Å². The number of nitrogens with one attached hydrogen (secondary N) is 2. The van der Waals surface area contributed by atoms with Gasteiger partial charge in [0.25, 0.3) is 0 Å². The highest BCUT2D eigenvalue weighted by atomic mass is 35.5. The molecule has 0 aliphatic carbocycles. The zero-order chi connectivity index (χ0) is 29.6. The number of aryl methyl sites for hydroxylation is 1. The average Bonchev–Trinajstić information content (AvgIpc) is 3.59. The van der Waals surface area contributed by atoms with Gasteiger partial charge in [0, 0.05) is 62.8 Å². The number of carbonyl (C=O) groups excluding carboxylic acids is 1. The Morgan fingerprint density at radius 1 is 1.07 bits per heavy atom. The number of imidazole rings is 1. The van der Waals surface area contributed by atoms with E-state index in [9.17, 15) is 18.4 Å². The summed E-state index contributed by atoms with van der Waals surface area (Å²) >= 11 is 0. The Kier molecular flexibility index (Phi) is 14.8. The van der Waals surface area contributed by atoms with Gasteiger partial charge in [0.1, 0.15) is 11.6 Å². The molecule has 3 N–H and O–H groups in total. The molecule has 2 fully saturated rings. The van der Waals surface area contributed by atoms with Crippen molar-refractivity contribution in [2.24, 2.45) is 5.92 Å². The van der Waals surface area contributed by atoms with Crippen molar-refractivity contribution in [2.45, 2.75) is 25.8 Å². The molecule has 2 amide bonds. The summed E-state index contributed by atoms with van der Waals surface area (Å²) in [6.45, 7) is 7.02. The van der Waals surface area contributed by atoms with Gasteiger partial charge in [-0.05, 0) is 48.7 Å². The number of carboxylic acid groups (broad SMARTS) is 1. The topological polar surface area (TPSA) is 112 Å². The van der Waals surface area contributed by atoms with E-state index in [1.165, 1.54) is 12.1 Å². The van der Waals surface area contributed by atoms with Crippen molar-refractivity contribution in [2.75, 3.05) is 62.7 Å². The molecule has 0 spiro atoms. The lowest BCUT2D eigenvalue weighted by molar-refractivity contribution is -0.120. The van der Waals surface area contributed by atoms with Crippen LogP contribution in [0.2, 0.25) is 0 Å². The number of hydrogen-bond acceptors (Lipinski definition) is 6. The van der Waals surface area contributed by atoms with Crippen molar-refractivity contribution in [3.05, 3.63) is 77.1 Å². The average molecular weight is 692 g/mol. The summed E-state index contributed by atoms with van der Waals surface area (Å²) in [5, 5.41) is 14.1. The summed E-state index contributed by atoms with van der Waals surface area (Å²) < 4.78 is 36.0. The zero-order valence-corrected chi connectivity index (χ0v) is 27.2. The van der Waals surface area contributed by atoms with Gasteiger partial charge in [-0.25, -0.2) is 18.6 Å². The van der Waals surface area contributed by atoms with Crippen LogP contribution in [-0.2, 0) is 16.1 Å². The number of aromatic nitrogens is 2. The van der Waals surface area contributed by atoms with Gasteiger partial charge in [0.05, 0.1) is 25.7 Å². The molecule has 2 aromatic carbocycles. The second-order valence-corrected chi connectivity index (χ2v) is 10.8. The lowest BCUT2D eigenvalue weighted by atomic mass is 9.88. The van der Waals surface area contributed by atoms with E-state index in [0.29, 0.717) is 51.8 Å². The molecule has 45 heavy (non-hydrogen) atoms. The lowest BCUT2D eigenvalue weighted by Crippen LogP contribution is -2.37. The van der Waals surface area contributed by atoms with Crippen LogP contribution >= 0.6 is 37.2 Å². The first-order valence-corrected chi connectivity index (χ1v) is 14.2. The number of nitrogens with zero attached hydrogens (tertiary/aromatic N) is 4. The normalized spacial score (nSPS) is 17.9. The maximum atomic E-state index is 14.9. The third-order valence-electron chi connectivity index (χ3n) is 7.91. The third-order valence-corrected chi connectivity index (χ3v) is 7.91. The summed E-state index contributed by atoms with van der Waals surface area (Å²) in [6.07, 6.45) is 2.88. The van der Waals surface area contributed by atoms with E-state index in [2.05, 4.69) is 45.6 Å². The second kappa shape index (κ2) is 17.5. The quantitative estimate of drug-likeness (QED) is 0.259. The van der Waals surface area contributed by atoms with Crippen LogP contribution in [0.1, 0.15) is 29.0 Å². The zero-order valence-electron chi connectivity index (χ0n) is 24.8. The molecule has 0 saturated carbocycles. The molecule has 10 nitrogen and oxygen atoms in total. The van der Waals surface area contributed by atoms with Crippen LogP contribution < -0.4 is 15.5 Å². The Bertz CT molecular complexity index is 1430. The van der Waals surface area contributed by atoms with E-state index in [1.54, 1.807) is 6.20 Å². The van der Waals surface area contributed by atoms with Crippen LogP contribution in [0.5, 0.6) is 0 Å². The lowest BCUT2D eigenvalue weighted by Gasteiger charge is -2.31. The monoisotopic (exact) mass is 690 g/mol. The molecule has 0 bridgehead atoms. The van der Waals surface area contributed by atoms with E-state index in [-0.39, 0.29) is 55.2 Å². The Hall–Kier alpha value is -3.16. The van der Waals surface area contributed by atoms with Gasteiger partial charge in [-0.2, -0.15) is 0 Å². The molecular formula is C30H39Cl3F2N6O4. The minimum absolute atomic E-state index is 0. The maximum absolute atomic E-state index is 14.9. The van der Waals surface area contributed by atoms with E-state index in [0.717, 1.165) is 36.0 Å². The molecule has 3 heterocycles. The fourth-order valence-electron chi connectivity index (χ4n) is 5.80. The predicted molar refractivity (Wildman–Crippen MR) is 176 cm³/mol. The van der Waals surface area contributed by atoms with Gasteiger partial charge in [0.2, 0.25) is 11.9 Å². The van der Waals surface area contributed by atoms with Gasteiger partial charge in [0.15, 0.2) is 0 Å². The molecule has 2 atom stereocenters. The molecule has 15 heteroatoms. The van der Waals surface area contributed by atoms with E-state index in [4.69, 9.17) is 9.84 Å². The summed E-state index contributed by atoms with van der Waals surface area (Å²) in [5.74, 6) is -2.42. The highest BCUT2D eigenvalue weighted by molar-refractivity contribution is 5.92. The Balaban J connectivity index is 0.00000235. The predicted octanol–water partition coefficient (Wildman–Crippen LogP) is 4.93. The Labute approximate surface area is 279 Å². The van der Waals surface area contributed by atoms with Crippen molar-refractivity contribution < 1.29 is 28.2 Å². The molecule has 2 aliphatic heterocycles. The fourth-order valence-corrected chi connectivity index (χ4v) is 5.80. The van der Waals surface area contributed by atoms with Gasteiger partial charge in [-0.3, -0.25) is 10.1 Å². The summed E-state index contributed by atoms with van der Waals surface area (Å²) in [6, 6.07) is 9.76. The molecule has 248 valence electrons. The fraction of sp³-hybridized carbons (Fsp3) is 0.433. The third kappa shape index (κ3) is 9.67. The van der Waals surface area contributed by atoms with E-state index < -0.39 is 29.6 Å². The van der Waals surface area contributed by atoms with E-state index >= 15 is 0 Å². The number of halogens is 5. The highest BCUT2D eigenvalue weighted by Crippen LogP contribution is 2.35. The molecule has 3 aromatic rings. The van der Waals surface area contributed by atoms with Crippen LogP contribution in [0.3, 0.4) is 0 Å². The van der Waals surface area contributed by atoms with Crippen LogP contribution in [0.15, 0.2) is 48.8 Å². The minimum Gasteiger partial charge on any atom is -0.465 e. The summed E-state index contributed by atoms with van der Waals surface area (Å²) in [5.41, 5.74) is 3.65. The number of benzene rings is 2. The first-order chi connectivity index (χ1) is 20.3. The second-order valence-electron chi connectivity index (χ2n) is 10.8. The smallest absolute Gasteiger partial charge is 0.404 e. The number of ether oxygens (including phenoxy) is 1. The van der Waals surface area contributed by atoms with Gasteiger partial charge >= 0.3 is 6.09 Å².